The molecule has 1 aliphatic heterocycles. The van der Waals surface area contributed by atoms with Gasteiger partial charge in [-0.25, -0.2) is 9.97 Å². The number of nitrogens with zero attached hydrogens (tertiary/aromatic N) is 2. The average Bonchev–Trinajstić information content (AvgIpc) is 2.93. The number of rotatable bonds is 3. The first-order chi connectivity index (χ1) is 9.09. The van der Waals surface area contributed by atoms with Gasteiger partial charge in [0.1, 0.15) is 17.8 Å². The number of aromatic amines is 1. The highest BCUT2D eigenvalue weighted by Gasteiger charge is 2.32. The van der Waals surface area contributed by atoms with Crippen LogP contribution in [0, 0.1) is 0 Å². The number of fused-ring (bicyclic) bond motifs is 1. The third-order valence-electron chi connectivity index (χ3n) is 3.69. The van der Waals surface area contributed by atoms with Crippen LogP contribution in [0.2, 0.25) is 0 Å². The van der Waals surface area contributed by atoms with Crippen molar-refractivity contribution in [3.05, 3.63) is 18.1 Å². The molecular weight excluding hydrogens is 240 g/mol. The highest BCUT2D eigenvalue weighted by molar-refractivity contribution is 5.90. The van der Waals surface area contributed by atoms with Gasteiger partial charge in [0.05, 0.1) is 23.6 Å². The van der Waals surface area contributed by atoms with Gasteiger partial charge >= 0.3 is 0 Å². The fourth-order valence-electron chi connectivity index (χ4n) is 2.74. The molecule has 1 fully saturated rings. The van der Waals surface area contributed by atoms with Crippen LogP contribution in [0.3, 0.4) is 0 Å². The van der Waals surface area contributed by atoms with Crippen LogP contribution in [-0.4, -0.2) is 33.2 Å². The Kier molecular flexibility index (Phi) is 2.93. The molecule has 1 saturated heterocycles. The molecule has 102 valence electrons. The van der Waals surface area contributed by atoms with Gasteiger partial charge in [0, 0.05) is 6.20 Å². The summed E-state index contributed by atoms with van der Waals surface area (Å²) in [7, 11) is 0. The molecule has 0 radical (unpaired) electrons. The predicted octanol–water partition coefficient (Wildman–Crippen LogP) is 2.50. The van der Waals surface area contributed by atoms with E-state index >= 15 is 0 Å². The van der Waals surface area contributed by atoms with Crippen LogP contribution in [0.15, 0.2) is 12.5 Å². The summed E-state index contributed by atoms with van der Waals surface area (Å²) in [6.45, 7) is 7.11. The molecule has 2 aromatic rings. The average molecular weight is 260 g/mol. The lowest BCUT2D eigenvalue weighted by atomic mass is 10.0. The molecule has 0 bridgehead atoms. The summed E-state index contributed by atoms with van der Waals surface area (Å²) in [4.78, 5) is 11.9. The Hall–Kier alpha value is -1.62. The van der Waals surface area contributed by atoms with E-state index in [-0.39, 0.29) is 5.60 Å². The van der Waals surface area contributed by atoms with Crippen molar-refractivity contribution in [1.29, 1.82) is 0 Å². The largest absolute Gasteiger partial charge is 0.373 e. The summed E-state index contributed by atoms with van der Waals surface area (Å²) in [6.07, 6.45) is 5.57. The summed E-state index contributed by atoms with van der Waals surface area (Å²) >= 11 is 0. The summed E-state index contributed by atoms with van der Waals surface area (Å²) in [5, 5.41) is 4.61. The molecular formula is C14H20N4O. The molecule has 5 heteroatoms. The third kappa shape index (κ3) is 2.30. The molecule has 2 aromatic heterocycles. The van der Waals surface area contributed by atoms with Crippen LogP contribution in [0.5, 0.6) is 0 Å². The van der Waals surface area contributed by atoms with Gasteiger partial charge in [0.2, 0.25) is 0 Å². The number of nitrogens with one attached hydrogen (secondary N) is 2. The van der Waals surface area contributed by atoms with Gasteiger partial charge in [-0.15, -0.1) is 0 Å². The first kappa shape index (κ1) is 12.4. The molecule has 19 heavy (non-hydrogen) atoms. The normalized spacial score (nSPS) is 21.9. The minimum absolute atomic E-state index is 0.0461. The van der Waals surface area contributed by atoms with Crippen LogP contribution in [0.4, 0.5) is 5.82 Å². The van der Waals surface area contributed by atoms with Crippen molar-refractivity contribution in [3.8, 4) is 0 Å². The lowest BCUT2D eigenvalue weighted by molar-refractivity contribution is 0.0363. The molecule has 0 saturated carbocycles. The summed E-state index contributed by atoms with van der Waals surface area (Å²) in [5.41, 5.74) is 2.10. The molecule has 5 nitrogen and oxygen atoms in total. The Balaban J connectivity index is 1.91. The van der Waals surface area contributed by atoms with Gasteiger partial charge < -0.3 is 15.0 Å². The number of H-pyrrole nitrogens is 1. The fourth-order valence-corrected chi connectivity index (χ4v) is 2.74. The van der Waals surface area contributed by atoms with Crippen molar-refractivity contribution in [2.75, 3.05) is 11.9 Å². The minimum Gasteiger partial charge on any atom is -0.373 e. The van der Waals surface area contributed by atoms with E-state index in [1.165, 1.54) is 5.56 Å². The Bertz CT molecular complexity index is 590. The van der Waals surface area contributed by atoms with Crippen molar-refractivity contribution < 1.29 is 4.74 Å². The number of aromatic nitrogens is 3. The maximum Gasteiger partial charge on any atom is 0.143 e. The van der Waals surface area contributed by atoms with Crippen molar-refractivity contribution in [3.63, 3.8) is 0 Å². The topological polar surface area (TPSA) is 62.8 Å². The van der Waals surface area contributed by atoms with E-state index in [1.807, 2.05) is 6.20 Å². The summed E-state index contributed by atoms with van der Waals surface area (Å²) in [5.74, 6) is 0.911. The summed E-state index contributed by atoms with van der Waals surface area (Å²) < 4.78 is 5.76. The van der Waals surface area contributed by atoms with E-state index in [4.69, 9.17) is 4.74 Å². The fraction of sp³-hybridized carbons (Fsp3) is 0.571. The van der Waals surface area contributed by atoms with Crippen LogP contribution in [-0.2, 0) is 11.2 Å². The lowest BCUT2D eigenvalue weighted by Gasteiger charge is -2.16. The minimum atomic E-state index is -0.0461. The number of anilines is 1. The molecule has 3 heterocycles. The van der Waals surface area contributed by atoms with E-state index < -0.39 is 0 Å². The van der Waals surface area contributed by atoms with E-state index in [1.54, 1.807) is 6.33 Å². The second-order valence-corrected chi connectivity index (χ2v) is 5.73. The number of hydrogen-bond acceptors (Lipinski definition) is 4. The zero-order valence-electron chi connectivity index (χ0n) is 11.7. The van der Waals surface area contributed by atoms with Gasteiger partial charge in [-0.2, -0.15) is 0 Å². The second-order valence-electron chi connectivity index (χ2n) is 5.73. The zero-order valence-corrected chi connectivity index (χ0v) is 11.7. The molecule has 2 N–H and O–H groups in total. The van der Waals surface area contributed by atoms with Gasteiger partial charge in [0.15, 0.2) is 0 Å². The highest BCUT2D eigenvalue weighted by Crippen LogP contribution is 2.29. The van der Waals surface area contributed by atoms with Crippen molar-refractivity contribution in [1.82, 2.24) is 15.0 Å². The Morgan fingerprint density at radius 1 is 1.47 bits per heavy atom. The van der Waals surface area contributed by atoms with Gasteiger partial charge in [-0.05, 0) is 32.3 Å². The van der Waals surface area contributed by atoms with Crippen LogP contribution < -0.4 is 5.32 Å². The van der Waals surface area contributed by atoms with E-state index in [9.17, 15) is 0 Å². The standard InChI is InChI=1S/C14H20N4O/c1-4-9-6-15-12-11(9)13(17-8-16-12)18-10-5-14(2,3)19-7-10/h6,8,10H,4-5,7H2,1-3H3,(H2,15,16,17,18). The summed E-state index contributed by atoms with van der Waals surface area (Å²) in [6, 6.07) is 0.313. The van der Waals surface area contributed by atoms with Crippen LogP contribution in [0.25, 0.3) is 11.0 Å². The molecule has 0 spiro atoms. The molecule has 0 aliphatic carbocycles. The highest BCUT2D eigenvalue weighted by atomic mass is 16.5. The Morgan fingerprint density at radius 2 is 2.32 bits per heavy atom. The smallest absolute Gasteiger partial charge is 0.143 e. The van der Waals surface area contributed by atoms with E-state index in [0.29, 0.717) is 6.04 Å². The number of ether oxygens (including phenoxy) is 1. The van der Waals surface area contributed by atoms with Gasteiger partial charge in [0.25, 0.3) is 0 Å². The monoisotopic (exact) mass is 260 g/mol. The quantitative estimate of drug-likeness (QED) is 0.890. The molecule has 1 unspecified atom stereocenters. The zero-order chi connectivity index (χ0) is 13.5. The van der Waals surface area contributed by atoms with E-state index in [2.05, 4.69) is 41.0 Å². The van der Waals surface area contributed by atoms with Crippen molar-refractivity contribution in [2.24, 2.45) is 0 Å². The third-order valence-corrected chi connectivity index (χ3v) is 3.69. The van der Waals surface area contributed by atoms with Gasteiger partial charge in [-0.1, -0.05) is 6.92 Å². The number of aryl methyl sites for hydroxylation is 1. The predicted molar refractivity (Wildman–Crippen MR) is 75.3 cm³/mol. The van der Waals surface area contributed by atoms with Crippen molar-refractivity contribution in [2.45, 2.75) is 45.3 Å². The first-order valence-electron chi connectivity index (χ1n) is 6.80. The first-order valence-corrected chi connectivity index (χ1v) is 6.80. The second kappa shape index (κ2) is 4.49. The van der Waals surface area contributed by atoms with Crippen LogP contribution >= 0.6 is 0 Å². The molecule has 0 aromatic carbocycles. The van der Waals surface area contributed by atoms with Crippen LogP contribution in [0.1, 0.15) is 32.8 Å². The van der Waals surface area contributed by atoms with Crippen molar-refractivity contribution >= 4 is 16.9 Å². The maximum absolute atomic E-state index is 5.76. The molecule has 1 aliphatic rings. The maximum atomic E-state index is 5.76. The van der Waals surface area contributed by atoms with E-state index in [0.717, 1.165) is 36.3 Å². The SMILES string of the molecule is CCc1c[nH]c2ncnc(NC3COC(C)(C)C3)c12. The molecule has 1 atom stereocenters. The number of hydrogen-bond donors (Lipinski definition) is 2. The lowest BCUT2D eigenvalue weighted by Crippen LogP contribution is -2.22. The Labute approximate surface area is 112 Å². The molecule has 0 amide bonds. The van der Waals surface area contributed by atoms with Gasteiger partial charge in [-0.3, -0.25) is 0 Å². The molecule has 3 rings (SSSR count). The Morgan fingerprint density at radius 3 is 3.00 bits per heavy atom.